The van der Waals surface area contributed by atoms with Crippen molar-refractivity contribution in [1.82, 2.24) is 20.1 Å². The number of fused-ring (bicyclic) bond motifs is 1. The number of aromatic nitrogens is 3. The molecule has 0 aliphatic carbocycles. The van der Waals surface area contributed by atoms with Crippen LogP contribution >= 0.6 is 0 Å². The van der Waals surface area contributed by atoms with Crippen LogP contribution in [0.25, 0.3) is 0 Å². The fourth-order valence-corrected chi connectivity index (χ4v) is 3.94. The first-order valence-electron chi connectivity index (χ1n) is 10.5. The van der Waals surface area contributed by atoms with Crippen molar-refractivity contribution in [2.24, 2.45) is 0 Å². The summed E-state index contributed by atoms with van der Waals surface area (Å²) in [6.45, 7) is 7.59. The molecule has 1 aromatic carbocycles. The summed E-state index contributed by atoms with van der Waals surface area (Å²) in [4.78, 5) is 6.88. The molecule has 0 radical (unpaired) electrons. The Hall–Kier alpha value is -3.07. The molecule has 32 heavy (non-hydrogen) atoms. The van der Waals surface area contributed by atoms with Gasteiger partial charge in [-0.05, 0) is 68.3 Å². The van der Waals surface area contributed by atoms with Gasteiger partial charge in [0.15, 0.2) is 17.3 Å². The minimum atomic E-state index is -3.60. The fraction of sp³-hybridized carbons (Fsp3) is 0.391. The predicted molar refractivity (Wildman–Crippen MR) is 113 cm³/mol. The van der Waals surface area contributed by atoms with Crippen molar-refractivity contribution in [3.63, 3.8) is 0 Å². The van der Waals surface area contributed by atoms with Crippen molar-refractivity contribution >= 4 is 0 Å². The van der Waals surface area contributed by atoms with Crippen molar-refractivity contribution in [3.8, 4) is 11.5 Å². The van der Waals surface area contributed by atoms with Crippen molar-refractivity contribution in [2.75, 3.05) is 13.1 Å². The molecule has 4 rings (SSSR count). The molecule has 0 atom stereocenters. The molecule has 6 nitrogen and oxygen atoms in total. The molecular weight excluding hydrogens is 421 g/mol. The van der Waals surface area contributed by atoms with Gasteiger partial charge in [-0.15, -0.1) is 8.78 Å². The van der Waals surface area contributed by atoms with E-state index in [1.54, 1.807) is 12.1 Å². The number of nitrogens with one attached hydrogen (secondary N) is 1. The van der Waals surface area contributed by atoms with Gasteiger partial charge in [-0.2, -0.15) is 5.10 Å². The average Bonchev–Trinajstić information content (AvgIpc) is 3.35. The zero-order valence-electron chi connectivity index (χ0n) is 17.8. The zero-order chi connectivity index (χ0) is 22.7. The first-order valence-corrected chi connectivity index (χ1v) is 10.5. The minimum Gasteiger partial charge on any atom is -0.395 e. The second kappa shape index (κ2) is 9.20. The quantitative estimate of drug-likeness (QED) is 0.604. The number of allylic oxidation sites excluding steroid dienone is 5. The molecule has 2 aliphatic heterocycles. The summed E-state index contributed by atoms with van der Waals surface area (Å²) in [5, 5.41) is 7.33. The number of ether oxygens (including phenoxy) is 2. The number of piperidine rings is 1. The van der Waals surface area contributed by atoms with Crippen LogP contribution in [0.15, 0.2) is 54.4 Å². The maximum atomic E-state index is 13.5. The van der Waals surface area contributed by atoms with Gasteiger partial charge in [-0.25, -0.2) is 9.37 Å². The molecule has 1 aromatic heterocycles. The SMILES string of the molecule is C=C/C(F)=C\C(=C/C)Cc1nc(C2CCN(Cc3ccc4c(c3)OC(F)(F)O4)CC2)n[nH]1. The van der Waals surface area contributed by atoms with E-state index in [-0.39, 0.29) is 23.2 Å². The third-order valence-electron chi connectivity index (χ3n) is 5.63. The Morgan fingerprint density at radius 2 is 2.03 bits per heavy atom. The van der Waals surface area contributed by atoms with E-state index in [4.69, 9.17) is 0 Å². The molecule has 2 aromatic rings. The summed E-state index contributed by atoms with van der Waals surface area (Å²) in [5.41, 5.74) is 1.68. The van der Waals surface area contributed by atoms with E-state index in [0.29, 0.717) is 18.8 Å². The summed E-state index contributed by atoms with van der Waals surface area (Å²) >= 11 is 0. The molecule has 9 heteroatoms. The summed E-state index contributed by atoms with van der Waals surface area (Å²) in [5.74, 6) is 1.44. The molecule has 0 saturated carbocycles. The molecular formula is C23H25F3N4O2. The van der Waals surface area contributed by atoms with Crippen LogP contribution in [0, 0.1) is 0 Å². The van der Waals surface area contributed by atoms with Crippen LogP contribution in [0.5, 0.6) is 11.5 Å². The number of hydrogen-bond donors (Lipinski definition) is 1. The number of rotatable bonds is 7. The monoisotopic (exact) mass is 446 g/mol. The van der Waals surface area contributed by atoms with E-state index in [1.807, 2.05) is 13.0 Å². The molecule has 170 valence electrons. The first-order chi connectivity index (χ1) is 15.3. The molecule has 1 fully saturated rings. The van der Waals surface area contributed by atoms with Gasteiger partial charge in [0.05, 0.1) is 0 Å². The highest BCUT2D eigenvalue weighted by atomic mass is 19.3. The fourth-order valence-electron chi connectivity index (χ4n) is 3.94. The number of likely N-dealkylation sites (tertiary alicyclic amines) is 1. The number of benzene rings is 1. The van der Waals surface area contributed by atoms with Gasteiger partial charge < -0.3 is 9.47 Å². The number of halogens is 3. The van der Waals surface area contributed by atoms with Gasteiger partial charge in [0, 0.05) is 18.9 Å². The van der Waals surface area contributed by atoms with Gasteiger partial charge in [0.1, 0.15) is 11.7 Å². The highest BCUT2D eigenvalue weighted by Gasteiger charge is 2.43. The second-order valence-electron chi connectivity index (χ2n) is 7.91. The first kappa shape index (κ1) is 22.1. The van der Waals surface area contributed by atoms with Gasteiger partial charge in [0.25, 0.3) is 0 Å². The van der Waals surface area contributed by atoms with Crippen LogP contribution in [0.1, 0.15) is 42.9 Å². The van der Waals surface area contributed by atoms with Crippen LogP contribution in [0.3, 0.4) is 0 Å². The molecule has 0 spiro atoms. The lowest BCUT2D eigenvalue weighted by Gasteiger charge is -2.30. The van der Waals surface area contributed by atoms with Crippen LogP contribution in [0.4, 0.5) is 13.2 Å². The molecule has 0 amide bonds. The maximum Gasteiger partial charge on any atom is 0.586 e. The Balaban J connectivity index is 1.31. The molecule has 0 unspecified atom stereocenters. The standard InChI is InChI=1S/C23H25F3N4O2/c1-3-15(11-18(24)4-2)13-21-27-22(29-28-21)17-7-9-30(10-8-17)14-16-5-6-19-20(12-16)32-23(25,26)31-19/h3-6,11-12,17H,2,7-10,13-14H2,1H3,(H,27,28,29)/b15-3+,18-11+. The molecule has 3 heterocycles. The number of hydrogen-bond acceptors (Lipinski definition) is 5. The largest absolute Gasteiger partial charge is 0.586 e. The van der Waals surface area contributed by atoms with Crippen LogP contribution in [-0.2, 0) is 13.0 Å². The minimum absolute atomic E-state index is 0.0571. The van der Waals surface area contributed by atoms with Crippen molar-refractivity contribution in [3.05, 3.63) is 71.6 Å². The predicted octanol–water partition coefficient (Wildman–Crippen LogP) is 5.03. The van der Waals surface area contributed by atoms with Crippen molar-refractivity contribution < 1.29 is 22.6 Å². The third-order valence-corrected chi connectivity index (χ3v) is 5.63. The van der Waals surface area contributed by atoms with Gasteiger partial charge in [-0.3, -0.25) is 10.00 Å². The van der Waals surface area contributed by atoms with E-state index in [2.05, 4.69) is 36.1 Å². The Morgan fingerprint density at radius 3 is 2.75 bits per heavy atom. The second-order valence-corrected chi connectivity index (χ2v) is 7.91. The lowest BCUT2D eigenvalue weighted by atomic mass is 9.96. The summed E-state index contributed by atoms with van der Waals surface area (Å²) < 4.78 is 48.8. The van der Waals surface area contributed by atoms with E-state index in [0.717, 1.165) is 42.9 Å². The van der Waals surface area contributed by atoms with Crippen molar-refractivity contribution in [2.45, 2.75) is 44.9 Å². The maximum absolute atomic E-state index is 13.5. The summed E-state index contributed by atoms with van der Waals surface area (Å²) in [6.07, 6.45) is 3.09. The number of alkyl halides is 2. The Morgan fingerprint density at radius 1 is 1.28 bits per heavy atom. The van der Waals surface area contributed by atoms with E-state index in [9.17, 15) is 13.2 Å². The lowest BCUT2D eigenvalue weighted by Crippen LogP contribution is -2.32. The van der Waals surface area contributed by atoms with Crippen LogP contribution in [0.2, 0.25) is 0 Å². The lowest BCUT2D eigenvalue weighted by molar-refractivity contribution is -0.286. The average molecular weight is 446 g/mol. The Kier molecular flexibility index (Phi) is 6.36. The molecule has 0 bridgehead atoms. The molecule has 1 N–H and O–H groups in total. The summed E-state index contributed by atoms with van der Waals surface area (Å²) in [7, 11) is 0. The van der Waals surface area contributed by atoms with Crippen LogP contribution < -0.4 is 9.47 Å². The number of nitrogens with zero attached hydrogens (tertiary/aromatic N) is 3. The summed E-state index contributed by atoms with van der Waals surface area (Å²) in [6, 6.07) is 4.90. The zero-order valence-corrected chi connectivity index (χ0v) is 17.8. The van der Waals surface area contributed by atoms with E-state index >= 15 is 0 Å². The smallest absolute Gasteiger partial charge is 0.395 e. The topological polar surface area (TPSA) is 63.3 Å². The van der Waals surface area contributed by atoms with E-state index in [1.165, 1.54) is 18.2 Å². The normalized spacial score (nSPS) is 19.4. The molecule has 1 saturated heterocycles. The highest BCUT2D eigenvalue weighted by molar-refractivity contribution is 5.45. The Bertz CT molecular complexity index is 1040. The molecule has 2 aliphatic rings. The third kappa shape index (κ3) is 5.21. The number of H-pyrrole nitrogens is 1. The van der Waals surface area contributed by atoms with Gasteiger partial charge in [-0.1, -0.05) is 18.7 Å². The van der Waals surface area contributed by atoms with Gasteiger partial charge in [0.2, 0.25) is 0 Å². The van der Waals surface area contributed by atoms with E-state index < -0.39 is 6.29 Å². The van der Waals surface area contributed by atoms with Gasteiger partial charge >= 0.3 is 6.29 Å². The highest BCUT2D eigenvalue weighted by Crippen LogP contribution is 2.41. The number of aromatic amines is 1. The van der Waals surface area contributed by atoms with Crippen LogP contribution in [-0.4, -0.2) is 39.5 Å². The van der Waals surface area contributed by atoms with Crippen molar-refractivity contribution in [1.29, 1.82) is 0 Å². The Labute approximate surface area is 184 Å².